The zero-order valence-electron chi connectivity index (χ0n) is 20.2. The van der Waals surface area contributed by atoms with Crippen LogP contribution in [0, 0.1) is 0 Å². The molecule has 2 aromatic carbocycles. The van der Waals surface area contributed by atoms with Crippen LogP contribution >= 0.6 is 0 Å². The lowest BCUT2D eigenvalue weighted by Gasteiger charge is -2.42. The van der Waals surface area contributed by atoms with Crippen LogP contribution in [0.4, 0.5) is 0 Å². The Morgan fingerprint density at radius 1 is 1.26 bits per heavy atom. The quantitative estimate of drug-likeness (QED) is 0.632. The van der Waals surface area contributed by atoms with E-state index >= 15 is 0 Å². The van der Waals surface area contributed by atoms with E-state index in [4.69, 9.17) is 24.1 Å². The number of carboxylic acid groups (broad SMARTS) is 1. The maximum Gasteiger partial charge on any atom is 0.290 e. The molecule has 0 aliphatic carbocycles. The van der Waals surface area contributed by atoms with E-state index < -0.39 is 0 Å². The lowest BCUT2D eigenvalue weighted by atomic mass is 9.80. The number of nitrogens with zero attached hydrogens (tertiary/aromatic N) is 1. The molecule has 8 nitrogen and oxygen atoms in total. The molecule has 1 atom stereocenters. The minimum atomic E-state index is -0.250. The third-order valence-electron chi connectivity index (χ3n) is 7.15. The monoisotopic (exact) mass is 482 g/mol. The molecule has 2 N–H and O–H groups in total. The standard InChI is InChI=1S/C26H32N2O4.CH2O2/c1-30-24-7-3-2-6-22(24)25(29)28-15-4-5-20(28)18-31-21-8-9-23-19(17-21)10-16-32-26(23)11-13-27-14-12-26;2-1-3/h2-3,6-9,17,20,27H,4-5,10-16,18H2,1H3;1H,(H,2,3)/t20-;/m1./s1. The lowest BCUT2D eigenvalue weighted by molar-refractivity contribution is -0.122. The van der Waals surface area contributed by atoms with Crippen LogP contribution in [0.25, 0.3) is 0 Å². The van der Waals surface area contributed by atoms with Crippen molar-refractivity contribution in [3.8, 4) is 11.5 Å². The summed E-state index contributed by atoms with van der Waals surface area (Å²) in [6.07, 6.45) is 4.90. The van der Waals surface area contributed by atoms with Crippen LogP contribution in [-0.4, -0.2) is 68.4 Å². The molecule has 3 aliphatic heterocycles. The van der Waals surface area contributed by atoms with Gasteiger partial charge in [-0.25, -0.2) is 0 Å². The molecule has 0 bridgehead atoms. The Bertz CT molecular complexity index is 1020. The van der Waals surface area contributed by atoms with Crippen molar-refractivity contribution in [3.05, 3.63) is 59.2 Å². The molecule has 0 radical (unpaired) electrons. The van der Waals surface area contributed by atoms with Crippen LogP contribution in [0.5, 0.6) is 11.5 Å². The fourth-order valence-electron chi connectivity index (χ4n) is 5.43. The van der Waals surface area contributed by atoms with Crippen molar-refractivity contribution in [2.45, 2.75) is 43.7 Å². The number of hydrogen-bond donors (Lipinski definition) is 2. The third-order valence-corrected chi connectivity index (χ3v) is 7.15. The molecule has 188 valence electrons. The van der Waals surface area contributed by atoms with E-state index in [0.717, 1.165) is 64.1 Å². The molecule has 0 saturated carbocycles. The highest BCUT2D eigenvalue weighted by Gasteiger charge is 2.39. The van der Waals surface area contributed by atoms with Crippen LogP contribution in [0.3, 0.4) is 0 Å². The second-order valence-electron chi connectivity index (χ2n) is 9.07. The molecule has 5 rings (SSSR count). The van der Waals surface area contributed by atoms with Crippen LogP contribution in [0.2, 0.25) is 0 Å². The Morgan fingerprint density at radius 3 is 2.80 bits per heavy atom. The highest BCUT2D eigenvalue weighted by molar-refractivity contribution is 5.97. The van der Waals surface area contributed by atoms with E-state index in [-0.39, 0.29) is 24.0 Å². The fraction of sp³-hybridized carbons (Fsp3) is 0.481. The van der Waals surface area contributed by atoms with E-state index in [0.29, 0.717) is 17.9 Å². The first-order valence-corrected chi connectivity index (χ1v) is 12.2. The Morgan fingerprint density at radius 2 is 2.03 bits per heavy atom. The second-order valence-corrected chi connectivity index (χ2v) is 9.07. The summed E-state index contributed by atoms with van der Waals surface area (Å²) >= 11 is 0. The summed E-state index contributed by atoms with van der Waals surface area (Å²) in [5, 5.41) is 10.3. The Kier molecular flexibility index (Phi) is 8.25. The number of methoxy groups -OCH3 is 1. The van der Waals surface area contributed by atoms with Crippen molar-refractivity contribution in [2.24, 2.45) is 0 Å². The van der Waals surface area contributed by atoms with Gasteiger partial charge in [0.2, 0.25) is 0 Å². The zero-order chi connectivity index (χ0) is 24.7. The van der Waals surface area contributed by atoms with Crippen molar-refractivity contribution in [3.63, 3.8) is 0 Å². The summed E-state index contributed by atoms with van der Waals surface area (Å²) in [5.74, 6) is 1.52. The van der Waals surface area contributed by atoms with Gasteiger partial charge in [-0.1, -0.05) is 18.2 Å². The smallest absolute Gasteiger partial charge is 0.290 e. The Labute approximate surface area is 206 Å². The predicted octanol–water partition coefficient (Wildman–Crippen LogP) is 3.23. The van der Waals surface area contributed by atoms with Gasteiger partial charge in [-0.3, -0.25) is 9.59 Å². The van der Waals surface area contributed by atoms with Gasteiger partial charge in [0.1, 0.15) is 18.1 Å². The van der Waals surface area contributed by atoms with E-state index in [1.54, 1.807) is 7.11 Å². The van der Waals surface area contributed by atoms with Gasteiger partial charge in [-0.05, 0) is 80.6 Å². The molecule has 1 amide bonds. The van der Waals surface area contributed by atoms with Gasteiger partial charge in [0.05, 0.1) is 30.9 Å². The van der Waals surface area contributed by atoms with Gasteiger partial charge < -0.3 is 29.5 Å². The molecule has 0 unspecified atom stereocenters. The van der Waals surface area contributed by atoms with Gasteiger partial charge in [0.15, 0.2) is 0 Å². The highest BCUT2D eigenvalue weighted by atomic mass is 16.5. The van der Waals surface area contributed by atoms with Crippen molar-refractivity contribution >= 4 is 12.4 Å². The van der Waals surface area contributed by atoms with Crippen molar-refractivity contribution < 1.29 is 28.9 Å². The first kappa shape index (κ1) is 25.0. The topological polar surface area (TPSA) is 97.3 Å². The number of rotatable bonds is 5. The summed E-state index contributed by atoms with van der Waals surface area (Å²) in [6, 6.07) is 13.9. The molecule has 2 aromatic rings. The van der Waals surface area contributed by atoms with Gasteiger partial charge in [-0.15, -0.1) is 0 Å². The normalized spacial score (nSPS) is 20.4. The van der Waals surface area contributed by atoms with Crippen LogP contribution in [-0.2, 0) is 21.6 Å². The maximum atomic E-state index is 13.2. The molecule has 2 saturated heterocycles. The molecule has 1 spiro atoms. The predicted molar refractivity (Wildman–Crippen MR) is 131 cm³/mol. The maximum absolute atomic E-state index is 13.2. The number of likely N-dealkylation sites (tertiary alicyclic amines) is 1. The Hall–Kier alpha value is -3.10. The van der Waals surface area contributed by atoms with Crippen LogP contribution < -0.4 is 14.8 Å². The number of nitrogens with one attached hydrogen (secondary N) is 1. The largest absolute Gasteiger partial charge is 0.496 e. The first-order chi connectivity index (χ1) is 17.1. The summed E-state index contributed by atoms with van der Waals surface area (Å²) in [6.45, 7) is 3.76. The molecule has 8 heteroatoms. The van der Waals surface area contributed by atoms with Crippen molar-refractivity contribution in [1.29, 1.82) is 0 Å². The van der Waals surface area contributed by atoms with Gasteiger partial charge in [0.25, 0.3) is 12.4 Å². The number of piperidine rings is 1. The van der Waals surface area contributed by atoms with Crippen LogP contribution in [0.1, 0.15) is 47.2 Å². The molecule has 35 heavy (non-hydrogen) atoms. The van der Waals surface area contributed by atoms with Crippen molar-refractivity contribution in [1.82, 2.24) is 10.2 Å². The third kappa shape index (κ3) is 5.44. The number of carbonyl (C=O) groups is 2. The van der Waals surface area contributed by atoms with E-state index in [1.165, 1.54) is 11.1 Å². The first-order valence-electron chi connectivity index (χ1n) is 12.2. The van der Waals surface area contributed by atoms with Gasteiger partial charge in [-0.2, -0.15) is 0 Å². The molecule has 3 heterocycles. The molecular formula is C27H34N2O6. The minimum absolute atomic E-state index is 0.0176. The average molecular weight is 483 g/mol. The lowest BCUT2D eigenvalue weighted by Crippen LogP contribution is -2.44. The summed E-state index contributed by atoms with van der Waals surface area (Å²) in [7, 11) is 1.60. The van der Waals surface area contributed by atoms with Gasteiger partial charge >= 0.3 is 0 Å². The van der Waals surface area contributed by atoms with E-state index in [2.05, 4.69) is 23.5 Å². The average Bonchev–Trinajstić information content (AvgIpc) is 3.37. The number of benzene rings is 2. The van der Waals surface area contributed by atoms with E-state index in [1.807, 2.05) is 29.2 Å². The number of carbonyl (C=O) groups excluding carboxylic acids is 1. The number of hydrogen-bond acceptors (Lipinski definition) is 6. The number of ether oxygens (including phenoxy) is 3. The van der Waals surface area contributed by atoms with Crippen molar-refractivity contribution in [2.75, 3.05) is 40.0 Å². The molecule has 2 fully saturated rings. The number of fused-ring (bicyclic) bond motifs is 2. The zero-order valence-corrected chi connectivity index (χ0v) is 20.2. The van der Waals surface area contributed by atoms with Gasteiger partial charge in [0, 0.05) is 6.54 Å². The number of amides is 1. The minimum Gasteiger partial charge on any atom is -0.496 e. The number of para-hydroxylation sites is 1. The summed E-state index contributed by atoms with van der Waals surface area (Å²) in [4.78, 5) is 23.5. The molecule has 3 aliphatic rings. The van der Waals surface area contributed by atoms with E-state index in [9.17, 15) is 4.79 Å². The summed E-state index contributed by atoms with van der Waals surface area (Å²) in [5.41, 5.74) is 3.14. The SMILES string of the molecule is COc1ccccc1C(=O)N1CCC[C@@H]1COc1ccc2c(c1)CCOC21CCNCC1.O=CO. The molecular weight excluding hydrogens is 448 g/mol. The summed E-state index contributed by atoms with van der Waals surface area (Å²) < 4.78 is 17.9. The highest BCUT2D eigenvalue weighted by Crippen LogP contribution is 2.41. The second kappa shape index (κ2) is 11.6. The molecule has 0 aromatic heterocycles. The fourth-order valence-corrected chi connectivity index (χ4v) is 5.43. The Balaban J connectivity index is 0.000000917. The van der Waals surface area contributed by atoms with Crippen LogP contribution in [0.15, 0.2) is 42.5 Å².